The van der Waals surface area contributed by atoms with E-state index in [4.69, 9.17) is 10.7 Å². The molecule has 0 heterocycles. The van der Waals surface area contributed by atoms with E-state index in [1.54, 1.807) is 24.3 Å². The van der Waals surface area contributed by atoms with Crippen LogP contribution in [0.15, 0.2) is 84.0 Å². The zero-order valence-electron chi connectivity index (χ0n) is 21.7. The Kier molecular flexibility index (Phi) is 8.74. The number of hydrogen-bond donors (Lipinski definition) is 1. The predicted octanol–water partition coefficient (Wildman–Crippen LogP) is 7.27. The molecule has 0 amide bonds. The minimum atomic E-state index is -2.87. The number of halogens is 3. The number of aliphatic imine (C=N–C) groups is 1. The third-order valence-corrected chi connectivity index (χ3v) is 5.87. The minimum Gasteiger partial charge on any atom is -0.404 e. The molecule has 0 aliphatic carbocycles. The van der Waals surface area contributed by atoms with Gasteiger partial charge in [0.25, 0.3) is 5.92 Å². The first-order valence-electron chi connectivity index (χ1n) is 12.3. The number of Topliss-reactive ketones (excluding diaryl/α,β-unsaturated/α-hetero) is 1. The summed E-state index contributed by atoms with van der Waals surface area (Å²) < 4.78 is 41.2. The van der Waals surface area contributed by atoms with Crippen LogP contribution in [-0.2, 0) is 23.6 Å². The van der Waals surface area contributed by atoms with Gasteiger partial charge in [-0.2, -0.15) is 0 Å². The Morgan fingerprint density at radius 3 is 1.78 bits per heavy atom. The Balaban J connectivity index is 1.76. The lowest BCUT2D eigenvalue weighted by Crippen LogP contribution is -2.17. The van der Waals surface area contributed by atoms with Crippen LogP contribution >= 0.6 is 0 Å². The summed E-state index contributed by atoms with van der Waals surface area (Å²) in [4.78, 5) is 17.5. The number of rotatable bonds is 9. The number of ketones is 1. The summed E-state index contributed by atoms with van der Waals surface area (Å²) in [7, 11) is 0. The van der Waals surface area contributed by atoms with Crippen molar-refractivity contribution in [1.29, 1.82) is 0 Å². The topological polar surface area (TPSA) is 55.5 Å². The molecule has 0 bridgehead atoms. The Morgan fingerprint density at radius 1 is 0.838 bits per heavy atom. The van der Waals surface area contributed by atoms with Gasteiger partial charge in [0, 0.05) is 42.2 Å². The van der Waals surface area contributed by atoms with Crippen molar-refractivity contribution in [2.24, 2.45) is 10.7 Å². The lowest BCUT2D eigenvalue weighted by atomic mass is 9.93. The van der Waals surface area contributed by atoms with Crippen LogP contribution < -0.4 is 5.73 Å². The summed E-state index contributed by atoms with van der Waals surface area (Å²) in [5.41, 5.74) is 10.0. The highest BCUT2D eigenvalue weighted by atomic mass is 19.3. The SMILES string of the molecule is CCC(F)(F)c1ccc(CC(=O)Cc2ccc(C(=CN)C(=NC(C)(C)C)c3ccc(F)cc3)cc2)cc1. The van der Waals surface area contributed by atoms with Crippen molar-refractivity contribution >= 4 is 17.1 Å². The predicted molar refractivity (Wildman–Crippen MR) is 144 cm³/mol. The first kappa shape index (κ1) is 27.9. The zero-order valence-corrected chi connectivity index (χ0v) is 21.7. The van der Waals surface area contributed by atoms with Gasteiger partial charge in [-0.1, -0.05) is 55.5 Å². The molecule has 0 spiro atoms. The number of benzene rings is 3. The second-order valence-corrected chi connectivity index (χ2v) is 10.1. The molecule has 6 heteroatoms. The lowest BCUT2D eigenvalue weighted by molar-refractivity contribution is -0.117. The van der Waals surface area contributed by atoms with E-state index in [-0.39, 0.29) is 36.4 Å². The third-order valence-electron chi connectivity index (χ3n) is 5.87. The van der Waals surface area contributed by atoms with Crippen LogP contribution in [0.3, 0.4) is 0 Å². The van der Waals surface area contributed by atoms with E-state index in [2.05, 4.69) is 0 Å². The van der Waals surface area contributed by atoms with Gasteiger partial charge in [0.05, 0.1) is 11.3 Å². The summed E-state index contributed by atoms with van der Waals surface area (Å²) in [5, 5.41) is 0. The van der Waals surface area contributed by atoms with Crippen molar-refractivity contribution in [3.8, 4) is 0 Å². The average molecular weight is 507 g/mol. The molecule has 0 unspecified atom stereocenters. The molecular formula is C31H33F3N2O. The quantitative estimate of drug-likeness (QED) is 0.310. The molecule has 0 aromatic heterocycles. The van der Waals surface area contributed by atoms with Gasteiger partial charge in [0.1, 0.15) is 11.6 Å². The van der Waals surface area contributed by atoms with Crippen molar-refractivity contribution in [3.05, 3.63) is 113 Å². The zero-order chi connectivity index (χ0) is 27.2. The highest BCUT2D eigenvalue weighted by Gasteiger charge is 2.28. The van der Waals surface area contributed by atoms with E-state index in [0.717, 1.165) is 16.7 Å². The van der Waals surface area contributed by atoms with Crippen LogP contribution in [0.4, 0.5) is 13.2 Å². The number of hydrogen-bond acceptors (Lipinski definition) is 3. The van der Waals surface area contributed by atoms with Crippen molar-refractivity contribution in [3.63, 3.8) is 0 Å². The van der Waals surface area contributed by atoms with E-state index in [0.29, 0.717) is 16.8 Å². The molecular weight excluding hydrogens is 473 g/mol. The number of carbonyl (C=O) groups is 1. The molecule has 0 radical (unpaired) electrons. The first-order chi connectivity index (χ1) is 17.4. The summed E-state index contributed by atoms with van der Waals surface area (Å²) >= 11 is 0. The highest BCUT2D eigenvalue weighted by molar-refractivity contribution is 6.31. The summed E-state index contributed by atoms with van der Waals surface area (Å²) in [6, 6.07) is 19.6. The van der Waals surface area contributed by atoms with Crippen molar-refractivity contribution in [2.45, 2.75) is 58.4 Å². The number of allylic oxidation sites excluding steroid dienone is 1. The van der Waals surface area contributed by atoms with Gasteiger partial charge in [-0.05, 0) is 61.7 Å². The summed E-state index contributed by atoms with van der Waals surface area (Å²) in [5.74, 6) is -3.21. The fraction of sp³-hybridized carbons (Fsp3) is 0.290. The van der Waals surface area contributed by atoms with Crippen LogP contribution in [0, 0.1) is 5.82 Å². The Morgan fingerprint density at radius 2 is 1.32 bits per heavy atom. The molecule has 0 fully saturated rings. The van der Waals surface area contributed by atoms with E-state index in [9.17, 15) is 18.0 Å². The second kappa shape index (κ2) is 11.6. The Bertz CT molecular complexity index is 1270. The van der Waals surface area contributed by atoms with E-state index in [1.807, 2.05) is 45.0 Å². The molecule has 37 heavy (non-hydrogen) atoms. The average Bonchev–Trinajstić information content (AvgIpc) is 2.85. The van der Waals surface area contributed by atoms with Gasteiger partial charge in [0.2, 0.25) is 0 Å². The lowest BCUT2D eigenvalue weighted by Gasteiger charge is -2.19. The Labute approximate surface area is 216 Å². The van der Waals surface area contributed by atoms with E-state index >= 15 is 0 Å². The number of carbonyl (C=O) groups excluding carboxylic acids is 1. The fourth-order valence-electron chi connectivity index (χ4n) is 3.93. The van der Waals surface area contributed by atoms with Gasteiger partial charge >= 0.3 is 0 Å². The van der Waals surface area contributed by atoms with Crippen molar-refractivity contribution < 1.29 is 18.0 Å². The summed E-state index contributed by atoms with van der Waals surface area (Å²) in [6.07, 6.45) is 1.60. The summed E-state index contributed by atoms with van der Waals surface area (Å²) in [6.45, 7) is 7.36. The Hall–Kier alpha value is -3.67. The first-order valence-corrected chi connectivity index (χ1v) is 12.3. The fourth-order valence-corrected chi connectivity index (χ4v) is 3.93. The second-order valence-electron chi connectivity index (χ2n) is 10.1. The highest BCUT2D eigenvalue weighted by Crippen LogP contribution is 2.31. The van der Waals surface area contributed by atoms with Crippen LogP contribution in [0.25, 0.3) is 5.57 Å². The van der Waals surface area contributed by atoms with Crippen LogP contribution in [-0.4, -0.2) is 17.0 Å². The van der Waals surface area contributed by atoms with E-state index in [1.165, 1.54) is 37.4 Å². The molecule has 0 saturated heterocycles. The van der Waals surface area contributed by atoms with Crippen molar-refractivity contribution in [1.82, 2.24) is 0 Å². The van der Waals surface area contributed by atoms with E-state index < -0.39 is 11.5 Å². The monoisotopic (exact) mass is 506 g/mol. The maximum atomic E-state index is 13.8. The maximum absolute atomic E-state index is 13.8. The molecule has 0 aliphatic rings. The standard InChI is InChI=1S/C31H33F3N2O/c1-5-31(33,34)25-14-8-22(9-15-25)19-27(37)18-21-6-10-23(11-7-21)28(20-35)29(36-30(2,3)4)24-12-16-26(32)17-13-24/h6-17,20H,5,18-19,35H2,1-4H3. The van der Waals surface area contributed by atoms with Crippen LogP contribution in [0.1, 0.15) is 61.9 Å². The largest absolute Gasteiger partial charge is 0.404 e. The van der Waals surface area contributed by atoms with Gasteiger partial charge in [-0.25, -0.2) is 13.2 Å². The molecule has 0 aliphatic heterocycles. The van der Waals surface area contributed by atoms with Crippen LogP contribution in [0.2, 0.25) is 0 Å². The number of alkyl halides is 2. The third kappa shape index (κ3) is 7.66. The minimum absolute atomic E-state index is 0.0151. The van der Waals surface area contributed by atoms with Crippen molar-refractivity contribution in [2.75, 3.05) is 0 Å². The maximum Gasteiger partial charge on any atom is 0.273 e. The number of nitrogens with zero attached hydrogens (tertiary/aromatic N) is 1. The molecule has 3 rings (SSSR count). The molecule has 3 aromatic carbocycles. The molecule has 2 N–H and O–H groups in total. The molecule has 0 atom stereocenters. The van der Waals surface area contributed by atoms with Gasteiger partial charge in [-0.3, -0.25) is 9.79 Å². The molecule has 3 aromatic rings. The number of nitrogens with two attached hydrogens (primary N) is 1. The van der Waals surface area contributed by atoms with Gasteiger partial charge < -0.3 is 5.73 Å². The molecule has 0 saturated carbocycles. The molecule has 194 valence electrons. The van der Waals surface area contributed by atoms with Gasteiger partial charge in [-0.15, -0.1) is 0 Å². The normalized spacial score (nSPS) is 13.1. The smallest absolute Gasteiger partial charge is 0.273 e. The van der Waals surface area contributed by atoms with Crippen LogP contribution in [0.5, 0.6) is 0 Å². The van der Waals surface area contributed by atoms with Gasteiger partial charge in [0.15, 0.2) is 0 Å². The molecule has 3 nitrogen and oxygen atoms in total.